The minimum Gasteiger partial charge on any atom is -0.497 e. The highest BCUT2D eigenvalue weighted by molar-refractivity contribution is 5.83. The van der Waals surface area contributed by atoms with Crippen molar-refractivity contribution in [3.63, 3.8) is 0 Å². The van der Waals surface area contributed by atoms with Gasteiger partial charge in [-0.1, -0.05) is 36.8 Å². The van der Waals surface area contributed by atoms with E-state index in [1.165, 1.54) is 30.4 Å². The number of anilines is 1. The summed E-state index contributed by atoms with van der Waals surface area (Å²) in [7, 11) is 3.72. The van der Waals surface area contributed by atoms with Gasteiger partial charge in [0.2, 0.25) is 0 Å². The van der Waals surface area contributed by atoms with Crippen LogP contribution in [-0.4, -0.2) is 98.7 Å². The van der Waals surface area contributed by atoms with Crippen LogP contribution in [0.3, 0.4) is 0 Å². The maximum absolute atomic E-state index is 11.3. The topological polar surface area (TPSA) is 109 Å². The lowest BCUT2D eigenvalue weighted by molar-refractivity contribution is -0.463. The van der Waals surface area contributed by atoms with Gasteiger partial charge in [-0.15, -0.1) is 0 Å². The van der Waals surface area contributed by atoms with Crippen LogP contribution >= 0.6 is 0 Å². The number of hydrogen-bond donors (Lipinski definition) is 1. The van der Waals surface area contributed by atoms with E-state index in [1.807, 2.05) is 42.5 Å². The van der Waals surface area contributed by atoms with E-state index in [0.717, 1.165) is 56.6 Å². The number of hydrogen-bond acceptors (Lipinski definition) is 9. The first-order valence-corrected chi connectivity index (χ1v) is 16.3. The molecule has 0 amide bonds. The van der Waals surface area contributed by atoms with Crippen molar-refractivity contribution in [2.75, 3.05) is 78.0 Å². The fourth-order valence-electron chi connectivity index (χ4n) is 5.42. The lowest BCUT2D eigenvalue weighted by atomic mass is 10.1. The lowest BCUT2D eigenvalue weighted by Crippen LogP contribution is -2.39. The Morgan fingerprint density at radius 1 is 1.00 bits per heavy atom. The van der Waals surface area contributed by atoms with Gasteiger partial charge >= 0.3 is 0 Å². The van der Waals surface area contributed by atoms with Crippen LogP contribution in [0, 0.1) is 10.1 Å². The van der Waals surface area contributed by atoms with Gasteiger partial charge in [0.15, 0.2) is 5.84 Å². The van der Waals surface area contributed by atoms with Gasteiger partial charge in [0.1, 0.15) is 17.3 Å². The fraction of sp³-hybridized carbons (Fsp3) is 0.486. The second-order valence-electron chi connectivity index (χ2n) is 11.7. The first-order chi connectivity index (χ1) is 22.5. The minimum atomic E-state index is -0.343. The number of rotatable bonds is 19. The molecular weight excluding hydrogens is 582 g/mol. The molecule has 11 nitrogen and oxygen atoms in total. The molecule has 1 aromatic heterocycles. The summed E-state index contributed by atoms with van der Waals surface area (Å²) in [5.74, 6) is 3.00. The van der Waals surface area contributed by atoms with Crippen molar-refractivity contribution in [1.82, 2.24) is 20.1 Å². The van der Waals surface area contributed by atoms with Crippen LogP contribution < -0.4 is 19.7 Å². The summed E-state index contributed by atoms with van der Waals surface area (Å²) in [6, 6.07) is 22.3. The molecule has 0 bridgehead atoms. The third-order valence-corrected chi connectivity index (χ3v) is 7.99. The summed E-state index contributed by atoms with van der Waals surface area (Å²) in [5, 5.41) is 14.5. The Morgan fingerprint density at radius 2 is 1.83 bits per heavy atom. The smallest absolute Gasteiger partial charge is 0.259 e. The number of nitrogens with zero attached hydrogens (tertiary/aromatic N) is 6. The second-order valence-corrected chi connectivity index (χ2v) is 11.7. The van der Waals surface area contributed by atoms with Gasteiger partial charge in [-0.05, 0) is 80.5 Å². The third kappa shape index (κ3) is 12.6. The number of ether oxygens (including phenoxy) is 2. The number of aromatic nitrogens is 1. The van der Waals surface area contributed by atoms with Crippen molar-refractivity contribution in [3.8, 4) is 11.5 Å². The van der Waals surface area contributed by atoms with Crippen LogP contribution in [0.4, 0.5) is 5.82 Å². The lowest BCUT2D eigenvalue weighted by Gasteiger charge is -2.27. The Bertz CT molecular complexity index is 1330. The van der Waals surface area contributed by atoms with E-state index in [0.29, 0.717) is 38.5 Å². The molecule has 0 spiro atoms. The van der Waals surface area contributed by atoms with Gasteiger partial charge in [-0.25, -0.2) is 4.98 Å². The molecule has 1 N–H and O–H groups in total. The Labute approximate surface area is 273 Å². The summed E-state index contributed by atoms with van der Waals surface area (Å²) in [5.41, 5.74) is 2.43. The van der Waals surface area contributed by atoms with Crippen molar-refractivity contribution in [2.45, 2.75) is 38.8 Å². The molecule has 0 aliphatic carbocycles. The van der Waals surface area contributed by atoms with Gasteiger partial charge in [0, 0.05) is 63.4 Å². The third-order valence-electron chi connectivity index (χ3n) is 7.99. The molecule has 11 heteroatoms. The van der Waals surface area contributed by atoms with Crippen LogP contribution in [0.2, 0.25) is 0 Å². The number of aliphatic imine (C=N–C) groups is 1. The molecule has 2 aromatic carbocycles. The number of amidine groups is 1. The Morgan fingerprint density at radius 3 is 2.57 bits per heavy atom. The number of piperidine rings is 1. The van der Waals surface area contributed by atoms with Gasteiger partial charge in [-0.2, -0.15) is 0 Å². The highest BCUT2D eigenvalue weighted by Gasteiger charge is 2.13. The van der Waals surface area contributed by atoms with Crippen LogP contribution in [0.1, 0.15) is 36.8 Å². The SMILES string of the molecule is COc1ccc(CN(CCN(C)CCNC(C[N+](=O)[O-])=NCCCOc2cccc(CN3CCCCC3)c2)c2ccccn2)cc1. The Balaban J connectivity index is 1.19. The molecule has 4 rings (SSSR count). The molecule has 46 heavy (non-hydrogen) atoms. The molecule has 3 aromatic rings. The molecule has 2 heterocycles. The molecule has 1 fully saturated rings. The summed E-state index contributed by atoms with van der Waals surface area (Å²) in [6.07, 6.45) is 6.37. The molecule has 0 unspecified atom stereocenters. The summed E-state index contributed by atoms with van der Waals surface area (Å²) >= 11 is 0. The van der Waals surface area contributed by atoms with E-state index >= 15 is 0 Å². The summed E-state index contributed by atoms with van der Waals surface area (Å²) in [4.78, 5) is 26.9. The van der Waals surface area contributed by atoms with E-state index < -0.39 is 0 Å². The van der Waals surface area contributed by atoms with Gasteiger partial charge in [0.25, 0.3) is 6.54 Å². The molecule has 0 saturated carbocycles. The van der Waals surface area contributed by atoms with Gasteiger partial charge in [-0.3, -0.25) is 20.0 Å². The zero-order valence-corrected chi connectivity index (χ0v) is 27.4. The van der Waals surface area contributed by atoms with Crippen LogP contribution in [0.5, 0.6) is 11.5 Å². The maximum atomic E-state index is 11.3. The first kappa shape index (κ1) is 34.6. The number of nitro groups is 1. The van der Waals surface area contributed by atoms with Crippen molar-refractivity contribution in [2.24, 2.45) is 4.99 Å². The number of nitrogens with one attached hydrogen (secondary N) is 1. The largest absolute Gasteiger partial charge is 0.497 e. The average molecular weight is 632 g/mol. The summed E-state index contributed by atoms with van der Waals surface area (Å²) < 4.78 is 11.3. The van der Waals surface area contributed by atoms with E-state index in [9.17, 15) is 10.1 Å². The monoisotopic (exact) mass is 631 g/mol. The van der Waals surface area contributed by atoms with Crippen molar-refractivity contribution in [3.05, 3.63) is 94.2 Å². The van der Waals surface area contributed by atoms with E-state index in [2.05, 4.69) is 61.3 Å². The predicted octanol–water partition coefficient (Wildman–Crippen LogP) is 4.75. The highest BCUT2D eigenvalue weighted by atomic mass is 16.6. The first-order valence-electron chi connectivity index (χ1n) is 16.3. The van der Waals surface area contributed by atoms with Gasteiger partial charge < -0.3 is 24.6 Å². The quantitative estimate of drug-likeness (QED) is 0.0659. The highest BCUT2D eigenvalue weighted by Crippen LogP contribution is 2.19. The van der Waals surface area contributed by atoms with Crippen molar-refractivity contribution >= 4 is 11.7 Å². The van der Waals surface area contributed by atoms with E-state index in [1.54, 1.807) is 13.3 Å². The number of methoxy groups -OCH3 is 1. The standard InChI is InChI=1S/C35H49N7O4/c1-39(23-24-41(35-12-4-5-17-38-35)28-30-13-15-32(45-2)16-14-30)22-19-37-34(29-42(43)44)36-18-9-25-46-33-11-8-10-31(26-33)27-40-20-6-3-7-21-40/h4-5,8,10-17,26H,3,6-7,9,18-25,27-29H2,1-2H3,(H,36,37). The molecule has 1 saturated heterocycles. The number of likely N-dealkylation sites (N-methyl/N-ethyl adjacent to an activating group) is 1. The molecule has 0 atom stereocenters. The van der Waals surface area contributed by atoms with E-state index in [4.69, 9.17) is 9.47 Å². The minimum absolute atomic E-state index is 0.321. The van der Waals surface area contributed by atoms with Crippen LogP contribution in [0.25, 0.3) is 0 Å². The normalized spacial score (nSPS) is 13.8. The molecule has 1 aliphatic heterocycles. The predicted molar refractivity (Wildman–Crippen MR) is 184 cm³/mol. The number of benzene rings is 2. The van der Waals surface area contributed by atoms with Crippen LogP contribution in [0.15, 0.2) is 77.9 Å². The zero-order valence-electron chi connectivity index (χ0n) is 27.4. The van der Waals surface area contributed by atoms with Crippen LogP contribution in [-0.2, 0) is 13.1 Å². The average Bonchev–Trinajstić information content (AvgIpc) is 3.07. The second kappa shape index (κ2) is 19.3. The Kier molecular flexibility index (Phi) is 14.6. The number of pyridine rings is 1. The van der Waals surface area contributed by atoms with Crippen molar-refractivity contribution in [1.29, 1.82) is 0 Å². The zero-order chi connectivity index (χ0) is 32.4. The molecule has 1 aliphatic rings. The van der Waals surface area contributed by atoms with Gasteiger partial charge in [0.05, 0.1) is 13.7 Å². The van der Waals surface area contributed by atoms with E-state index in [-0.39, 0.29) is 11.5 Å². The Hall–Kier alpha value is -4.22. The molecular formula is C35H49N7O4. The maximum Gasteiger partial charge on any atom is 0.259 e. The number of likely N-dealkylation sites (tertiary alicyclic amines) is 1. The summed E-state index contributed by atoms with van der Waals surface area (Å²) in [6.45, 7) is 7.50. The molecule has 0 radical (unpaired) electrons. The fourth-order valence-corrected chi connectivity index (χ4v) is 5.42. The van der Waals surface area contributed by atoms with Crippen molar-refractivity contribution < 1.29 is 14.4 Å². The molecule has 248 valence electrons.